The second-order valence-corrected chi connectivity index (χ2v) is 3.84. The van der Waals surface area contributed by atoms with E-state index in [9.17, 15) is 0 Å². The summed E-state index contributed by atoms with van der Waals surface area (Å²) in [6.07, 6.45) is 5.28. The van der Waals surface area contributed by atoms with Crippen LogP contribution in [0.15, 0.2) is 35.2 Å². The first-order valence-corrected chi connectivity index (χ1v) is 5.41. The Kier molecular flexibility index (Phi) is 2.56. The largest absolute Gasteiger partial charge is 0.337 e. The molecule has 3 heterocycles. The van der Waals surface area contributed by atoms with Crippen molar-refractivity contribution in [2.75, 3.05) is 0 Å². The molecule has 7 nitrogen and oxygen atoms in total. The van der Waals surface area contributed by atoms with Crippen molar-refractivity contribution < 1.29 is 4.52 Å². The van der Waals surface area contributed by atoms with Gasteiger partial charge in [0, 0.05) is 12.4 Å². The normalized spacial score (nSPS) is 10.7. The quantitative estimate of drug-likeness (QED) is 0.683. The molecule has 3 aromatic heterocycles. The zero-order valence-corrected chi connectivity index (χ0v) is 9.69. The van der Waals surface area contributed by atoms with E-state index in [-0.39, 0.29) is 0 Å². The summed E-state index contributed by atoms with van der Waals surface area (Å²) < 4.78 is 6.88. The van der Waals surface area contributed by atoms with Crippen molar-refractivity contribution in [3.8, 4) is 11.5 Å². The van der Waals surface area contributed by atoms with Gasteiger partial charge in [-0.05, 0) is 24.6 Å². The molecule has 3 rings (SSSR count). The van der Waals surface area contributed by atoms with Crippen LogP contribution in [0.2, 0.25) is 0 Å². The second kappa shape index (κ2) is 4.36. The molecule has 0 atom stereocenters. The van der Waals surface area contributed by atoms with Crippen LogP contribution < -0.4 is 0 Å². The lowest BCUT2D eigenvalue weighted by Gasteiger charge is -1.93. The molecular formula is C11H10N6O. The minimum atomic E-state index is 0.432. The summed E-state index contributed by atoms with van der Waals surface area (Å²) in [4.78, 5) is 4.24. The number of hydrogen-bond donors (Lipinski definition) is 0. The molecule has 0 fully saturated rings. The van der Waals surface area contributed by atoms with Crippen LogP contribution in [0.1, 0.15) is 11.5 Å². The zero-order chi connectivity index (χ0) is 12.4. The first kappa shape index (κ1) is 10.6. The van der Waals surface area contributed by atoms with Gasteiger partial charge < -0.3 is 4.52 Å². The number of hydrogen-bond acceptors (Lipinski definition) is 6. The van der Waals surface area contributed by atoms with E-state index < -0.39 is 0 Å². The highest BCUT2D eigenvalue weighted by Crippen LogP contribution is 2.11. The number of nitrogens with zero attached hydrogens (tertiary/aromatic N) is 6. The highest BCUT2D eigenvalue weighted by atomic mass is 16.5. The van der Waals surface area contributed by atoms with Crippen LogP contribution in [0.25, 0.3) is 11.5 Å². The molecule has 0 aliphatic carbocycles. The Morgan fingerprint density at radius 2 is 2.33 bits per heavy atom. The lowest BCUT2D eigenvalue weighted by atomic mass is 10.4. The zero-order valence-electron chi connectivity index (χ0n) is 9.69. The number of aryl methyl sites for hydroxylation is 1. The second-order valence-electron chi connectivity index (χ2n) is 3.84. The number of rotatable bonds is 3. The van der Waals surface area contributed by atoms with E-state index in [1.807, 2.05) is 13.1 Å². The van der Waals surface area contributed by atoms with Gasteiger partial charge in [-0.15, -0.1) is 5.10 Å². The maximum absolute atomic E-state index is 5.14. The van der Waals surface area contributed by atoms with Gasteiger partial charge in [0.1, 0.15) is 12.2 Å². The van der Waals surface area contributed by atoms with Crippen LogP contribution in [-0.2, 0) is 6.54 Å². The molecule has 0 aliphatic rings. The smallest absolute Gasteiger partial charge is 0.248 e. The Morgan fingerprint density at radius 1 is 1.39 bits per heavy atom. The first-order valence-electron chi connectivity index (χ1n) is 5.41. The van der Waals surface area contributed by atoms with E-state index >= 15 is 0 Å². The lowest BCUT2D eigenvalue weighted by Crippen LogP contribution is -2.00. The van der Waals surface area contributed by atoms with E-state index in [1.165, 1.54) is 0 Å². The van der Waals surface area contributed by atoms with E-state index in [0.717, 1.165) is 5.56 Å². The minimum absolute atomic E-state index is 0.432. The molecule has 0 saturated carbocycles. The van der Waals surface area contributed by atoms with Gasteiger partial charge in [0.05, 0.1) is 6.20 Å². The maximum atomic E-state index is 5.14. The fraction of sp³-hybridized carbons (Fsp3) is 0.182. The Morgan fingerprint density at radius 3 is 3.06 bits per heavy atom. The molecule has 0 bridgehead atoms. The average molecular weight is 242 g/mol. The molecule has 7 heteroatoms. The fourth-order valence-corrected chi connectivity index (χ4v) is 1.54. The maximum Gasteiger partial charge on any atom is 0.248 e. The standard InChI is InChI=1S/C11H10N6O/c1-8-5-13-17(6-8)7-10-14-11(16-18-10)9-3-2-4-12-15-9/h2-6H,7H2,1H3. The van der Waals surface area contributed by atoms with Crippen molar-refractivity contribution in [3.05, 3.63) is 42.2 Å². The molecule has 3 aromatic rings. The summed E-state index contributed by atoms with van der Waals surface area (Å²) in [5.41, 5.74) is 1.67. The molecule has 0 amide bonds. The van der Waals surface area contributed by atoms with Gasteiger partial charge in [0.2, 0.25) is 11.7 Å². The first-order chi connectivity index (χ1) is 8.81. The van der Waals surface area contributed by atoms with E-state index in [1.54, 1.807) is 29.2 Å². The van der Waals surface area contributed by atoms with Crippen molar-refractivity contribution in [2.45, 2.75) is 13.5 Å². The van der Waals surface area contributed by atoms with Gasteiger partial charge in [0.25, 0.3) is 0 Å². The summed E-state index contributed by atoms with van der Waals surface area (Å²) >= 11 is 0. The molecule has 90 valence electrons. The molecule has 0 N–H and O–H groups in total. The topological polar surface area (TPSA) is 82.5 Å². The molecule has 0 unspecified atom stereocenters. The lowest BCUT2D eigenvalue weighted by molar-refractivity contribution is 0.366. The fourth-order valence-electron chi connectivity index (χ4n) is 1.54. The predicted molar refractivity (Wildman–Crippen MR) is 61.4 cm³/mol. The minimum Gasteiger partial charge on any atom is -0.337 e. The Labute approximate surface area is 102 Å². The highest BCUT2D eigenvalue weighted by Gasteiger charge is 2.10. The van der Waals surface area contributed by atoms with Gasteiger partial charge in [0.15, 0.2) is 0 Å². The monoisotopic (exact) mass is 242 g/mol. The van der Waals surface area contributed by atoms with Crippen LogP contribution in [0, 0.1) is 6.92 Å². The summed E-state index contributed by atoms with van der Waals surface area (Å²) in [5.74, 6) is 0.917. The highest BCUT2D eigenvalue weighted by molar-refractivity contribution is 5.46. The van der Waals surface area contributed by atoms with Crippen molar-refractivity contribution in [1.29, 1.82) is 0 Å². The summed E-state index contributed by atoms with van der Waals surface area (Å²) in [7, 11) is 0. The third-order valence-electron chi connectivity index (χ3n) is 2.33. The molecule has 0 aromatic carbocycles. The molecule has 0 aliphatic heterocycles. The van der Waals surface area contributed by atoms with E-state index in [0.29, 0.717) is 24.0 Å². The van der Waals surface area contributed by atoms with Crippen molar-refractivity contribution >= 4 is 0 Å². The van der Waals surface area contributed by atoms with Crippen molar-refractivity contribution in [3.63, 3.8) is 0 Å². The summed E-state index contributed by atoms with van der Waals surface area (Å²) in [6, 6.07) is 3.55. The van der Waals surface area contributed by atoms with Gasteiger partial charge in [-0.1, -0.05) is 5.16 Å². The summed E-state index contributed by atoms with van der Waals surface area (Å²) in [6.45, 7) is 2.42. The SMILES string of the molecule is Cc1cnn(Cc2nc(-c3cccnn3)no2)c1. The molecule has 0 spiro atoms. The van der Waals surface area contributed by atoms with E-state index in [4.69, 9.17) is 4.52 Å². The molecule has 0 radical (unpaired) electrons. The number of aromatic nitrogens is 6. The van der Waals surface area contributed by atoms with E-state index in [2.05, 4.69) is 25.4 Å². The average Bonchev–Trinajstić information content (AvgIpc) is 3.01. The van der Waals surface area contributed by atoms with Crippen molar-refractivity contribution in [1.82, 2.24) is 30.1 Å². The van der Waals surface area contributed by atoms with Crippen LogP contribution in [0.4, 0.5) is 0 Å². The third kappa shape index (κ3) is 2.10. The Bertz CT molecular complexity index is 644. The summed E-state index contributed by atoms with van der Waals surface area (Å²) in [5, 5.41) is 15.7. The molecule has 18 heavy (non-hydrogen) atoms. The van der Waals surface area contributed by atoms with Gasteiger partial charge in [-0.2, -0.15) is 15.2 Å². The van der Waals surface area contributed by atoms with Crippen LogP contribution in [-0.4, -0.2) is 30.1 Å². The van der Waals surface area contributed by atoms with Crippen LogP contribution in [0.3, 0.4) is 0 Å². The van der Waals surface area contributed by atoms with Crippen LogP contribution in [0.5, 0.6) is 0 Å². The molecular weight excluding hydrogens is 232 g/mol. The van der Waals surface area contributed by atoms with Crippen LogP contribution >= 0.6 is 0 Å². The van der Waals surface area contributed by atoms with Gasteiger partial charge >= 0.3 is 0 Å². The van der Waals surface area contributed by atoms with Crippen molar-refractivity contribution in [2.24, 2.45) is 0 Å². The van der Waals surface area contributed by atoms with Gasteiger partial charge in [-0.25, -0.2) is 0 Å². The third-order valence-corrected chi connectivity index (χ3v) is 2.33. The van der Waals surface area contributed by atoms with Gasteiger partial charge in [-0.3, -0.25) is 4.68 Å². The predicted octanol–water partition coefficient (Wildman–Crippen LogP) is 1.08. The Hall–Kier alpha value is -2.57. The Balaban J connectivity index is 1.82. The molecule has 0 saturated heterocycles.